The number of aliphatic hydroxyl groups is 1. The monoisotopic (exact) mass is 353 g/mol. The average Bonchev–Trinajstić information content (AvgIpc) is 2.75. The van der Waals surface area contributed by atoms with Crippen molar-refractivity contribution in [1.29, 1.82) is 0 Å². The summed E-state index contributed by atoms with van der Waals surface area (Å²) in [4.78, 5) is 0. The number of nitrogens with two attached hydrogens (primary N) is 1. The van der Waals surface area contributed by atoms with E-state index in [0.717, 1.165) is 22.4 Å². The summed E-state index contributed by atoms with van der Waals surface area (Å²) in [7, 11) is 1.56. The van der Waals surface area contributed by atoms with Crippen molar-refractivity contribution in [2.24, 2.45) is 0 Å². The molecule has 0 fully saturated rings. The number of anilines is 1. The van der Waals surface area contributed by atoms with Crippen molar-refractivity contribution in [3.8, 4) is 5.75 Å². The van der Waals surface area contributed by atoms with E-state index in [1.54, 1.807) is 13.2 Å². The molecule has 1 aromatic carbocycles. The van der Waals surface area contributed by atoms with Crippen LogP contribution in [0, 0.1) is 6.92 Å². The number of halogens is 1. The minimum atomic E-state index is -0.710. The van der Waals surface area contributed by atoms with Gasteiger partial charge in [0.15, 0.2) is 0 Å². The van der Waals surface area contributed by atoms with Gasteiger partial charge in [-0.1, -0.05) is 12.1 Å². The average molecular weight is 354 g/mol. The Morgan fingerprint density at radius 3 is 2.81 bits per heavy atom. The van der Waals surface area contributed by atoms with Crippen LogP contribution < -0.4 is 10.5 Å². The summed E-state index contributed by atoms with van der Waals surface area (Å²) in [6.07, 6.45) is -0.273. The number of ether oxygens (including phenoxy) is 1. The maximum atomic E-state index is 10.5. The molecule has 1 unspecified atom stereocenters. The number of hydrogen-bond donors (Lipinski definition) is 2. The number of rotatable bonds is 5. The highest BCUT2D eigenvalue weighted by Gasteiger charge is 2.20. The third kappa shape index (κ3) is 3.06. The summed E-state index contributed by atoms with van der Waals surface area (Å²) in [6.45, 7) is 4.71. The van der Waals surface area contributed by atoms with Crippen LogP contribution in [0.15, 0.2) is 22.7 Å². The highest BCUT2D eigenvalue weighted by Crippen LogP contribution is 2.32. The minimum Gasteiger partial charge on any atom is -0.495 e. The number of nitrogens with zero attached hydrogens (tertiary/aromatic N) is 2. The fourth-order valence-corrected chi connectivity index (χ4v) is 2.83. The molecular formula is C15H20BrN3O2. The summed E-state index contributed by atoms with van der Waals surface area (Å²) in [5, 5.41) is 15.0. The third-order valence-electron chi connectivity index (χ3n) is 3.52. The van der Waals surface area contributed by atoms with E-state index in [1.807, 2.05) is 30.7 Å². The normalized spacial score (nSPS) is 12.4. The molecule has 0 amide bonds. The Labute approximate surface area is 132 Å². The standard InChI is InChI=1S/C15H20BrN3O2/c1-4-19-11(14(16)9(2)18-19)8-12(20)10-6-5-7-13(21-3)15(10)17/h5-7,12,20H,4,8,17H2,1-3H3. The van der Waals surface area contributed by atoms with E-state index in [4.69, 9.17) is 10.5 Å². The fraction of sp³-hybridized carbons (Fsp3) is 0.400. The first-order valence-corrected chi connectivity index (χ1v) is 7.61. The van der Waals surface area contributed by atoms with E-state index in [1.165, 1.54) is 0 Å². The summed E-state index contributed by atoms with van der Waals surface area (Å²) in [5.41, 5.74) is 9.06. The number of hydrogen-bond acceptors (Lipinski definition) is 4. The van der Waals surface area contributed by atoms with Gasteiger partial charge in [0.05, 0.1) is 34.8 Å². The molecule has 1 atom stereocenters. The van der Waals surface area contributed by atoms with Crippen molar-refractivity contribution in [3.05, 3.63) is 39.6 Å². The van der Waals surface area contributed by atoms with E-state index >= 15 is 0 Å². The molecule has 5 nitrogen and oxygen atoms in total. The smallest absolute Gasteiger partial charge is 0.142 e. The first-order valence-electron chi connectivity index (χ1n) is 6.81. The van der Waals surface area contributed by atoms with Gasteiger partial charge in [0, 0.05) is 18.5 Å². The lowest BCUT2D eigenvalue weighted by Gasteiger charge is -2.16. The number of aliphatic hydroxyl groups excluding tert-OH is 1. The lowest BCUT2D eigenvalue weighted by atomic mass is 10.0. The van der Waals surface area contributed by atoms with Crippen molar-refractivity contribution < 1.29 is 9.84 Å². The summed E-state index contributed by atoms with van der Waals surface area (Å²) < 4.78 is 8.02. The molecule has 0 aliphatic rings. The van der Waals surface area contributed by atoms with Crippen LogP contribution in [0.4, 0.5) is 5.69 Å². The predicted octanol–water partition coefficient (Wildman–Crippen LogP) is 2.84. The number of methoxy groups -OCH3 is 1. The molecule has 1 heterocycles. The number of benzene rings is 1. The van der Waals surface area contributed by atoms with Crippen LogP contribution in [-0.4, -0.2) is 22.0 Å². The summed E-state index contributed by atoms with van der Waals surface area (Å²) in [5.74, 6) is 0.575. The van der Waals surface area contributed by atoms with Crippen LogP contribution in [0.3, 0.4) is 0 Å². The summed E-state index contributed by atoms with van der Waals surface area (Å²) >= 11 is 3.54. The molecule has 0 spiro atoms. The third-order valence-corrected chi connectivity index (χ3v) is 4.55. The van der Waals surface area contributed by atoms with Crippen molar-refractivity contribution in [1.82, 2.24) is 9.78 Å². The van der Waals surface area contributed by atoms with Crippen LogP contribution in [-0.2, 0) is 13.0 Å². The van der Waals surface area contributed by atoms with Gasteiger partial charge in [-0.25, -0.2) is 0 Å². The van der Waals surface area contributed by atoms with Crippen LogP contribution >= 0.6 is 15.9 Å². The number of aryl methyl sites for hydroxylation is 2. The molecule has 0 radical (unpaired) electrons. The van der Waals surface area contributed by atoms with Gasteiger partial charge in [-0.3, -0.25) is 4.68 Å². The lowest BCUT2D eigenvalue weighted by molar-refractivity contribution is 0.175. The number of nitrogen functional groups attached to an aromatic ring is 1. The van der Waals surface area contributed by atoms with Gasteiger partial charge in [-0.2, -0.15) is 5.10 Å². The highest BCUT2D eigenvalue weighted by atomic mass is 79.9. The van der Waals surface area contributed by atoms with Crippen molar-refractivity contribution in [3.63, 3.8) is 0 Å². The highest BCUT2D eigenvalue weighted by molar-refractivity contribution is 9.10. The molecule has 21 heavy (non-hydrogen) atoms. The van der Waals surface area contributed by atoms with E-state index in [2.05, 4.69) is 21.0 Å². The van der Waals surface area contributed by atoms with Gasteiger partial charge in [0.2, 0.25) is 0 Å². The Morgan fingerprint density at radius 1 is 1.48 bits per heavy atom. The molecule has 0 bridgehead atoms. The van der Waals surface area contributed by atoms with Crippen molar-refractivity contribution >= 4 is 21.6 Å². The van der Waals surface area contributed by atoms with Gasteiger partial charge in [0.1, 0.15) is 5.75 Å². The molecule has 0 aliphatic carbocycles. The van der Waals surface area contributed by atoms with Gasteiger partial charge in [-0.15, -0.1) is 0 Å². The second kappa shape index (κ2) is 6.49. The number of para-hydroxylation sites is 1. The van der Waals surface area contributed by atoms with Crippen molar-refractivity contribution in [2.75, 3.05) is 12.8 Å². The van der Waals surface area contributed by atoms with Crippen LogP contribution in [0.1, 0.15) is 30.0 Å². The second-order valence-corrected chi connectivity index (χ2v) is 5.64. The predicted molar refractivity (Wildman–Crippen MR) is 86.4 cm³/mol. The molecule has 2 aromatic rings. The topological polar surface area (TPSA) is 73.3 Å². The first kappa shape index (κ1) is 15.9. The molecule has 0 saturated carbocycles. The van der Waals surface area contributed by atoms with E-state index in [0.29, 0.717) is 23.4 Å². The van der Waals surface area contributed by atoms with Gasteiger partial charge >= 0.3 is 0 Å². The first-order chi connectivity index (χ1) is 9.99. The molecule has 2 rings (SSSR count). The van der Waals surface area contributed by atoms with Crippen molar-refractivity contribution in [2.45, 2.75) is 32.9 Å². The Kier molecular flexibility index (Phi) is 4.90. The zero-order valence-electron chi connectivity index (χ0n) is 12.4. The summed E-state index contributed by atoms with van der Waals surface area (Å²) in [6, 6.07) is 5.42. The molecule has 1 aromatic heterocycles. The molecule has 114 valence electrons. The number of aromatic nitrogens is 2. The van der Waals surface area contributed by atoms with Crippen LogP contribution in [0.2, 0.25) is 0 Å². The SMILES string of the molecule is CCn1nc(C)c(Br)c1CC(O)c1cccc(OC)c1N. The quantitative estimate of drug-likeness (QED) is 0.810. The molecule has 3 N–H and O–H groups in total. The largest absolute Gasteiger partial charge is 0.495 e. The van der Waals surface area contributed by atoms with Gasteiger partial charge < -0.3 is 15.6 Å². The maximum absolute atomic E-state index is 10.5. The van der Waals surface area contributed by atoms with E-state index in [9.17, 15) is 5.11 Å². The Hall–Kier alpha value is -1.53. The fourth-order valence-electron chi connectivity index (χ4n) is 2.39. The molecule has 0 saturated heterocycles. The maximum Gasteiger partial charge on any atom is 0.142 e. The molecule has 6 heteroatoms. The Morgan fingerprint density at radius 2 is 2.19 bits per heavy atom. The Bertz CT molecular complexity index is 640. The lowest BCUT2D eigenvalue weighted by Crippen LogP contribution is -2.11. The van der Waals surface area contributed by atoms with Crippen LogP contribution in [0.25, 0.3) is 0 Å². The van der Waals surface area contributed by atoms with E-state index < -0.39 is 6.10 Å². The second-order valence-electron chi connectivity index (χ2n) is 4.84. The zero-order chi connectivity index (χ0) is 15.6. The molecule has 0 aliphatic heterocycles. The van der Waals surface area contributed by atoms with Gasteiger partial charge in [0.25, 0.3) is 0 Å². The minimum absolute atomic E-state index is 0.437. The Balaban J connectivity index is 2.32. The van der Waals surface area contributed by atoms with Gasteiger partial charge in [-0.05, 0) is 35.8 Å². The van der Waals surface area contributed by atoms with Crippen LogP contribution in [0.5, 0.6) is 5.75 Å². The molecular weight excluding hydrogens is 334 g/mol. The van der Waals surface area contributed by atoms with E-state index in [-0.39, 0.29) is 0 Å². The zero-order valence-corrected chi connectivity index (χ0v) is 14.0.